The van der Waals surface area contributed by atoms with Crippen LogP contribution in [0.2, 0.25) is 0 Å². The van der Waals surface area contributed by atoms with E-state index >= 15 is 0 Å². The zero-order valence-electron chi connectivity index (χ0n) is 14.8. The third kappa shape index (κ3) is 7.18. The second kappa shape index (κ2) is 14.2. The first kappa shape index (κ1) is 21.0. The topological polar surface area (TPSA) is 0 Å². The lowest BCUT2D eigenvalue weighted by atomic mass is 9.77. The van der Waals surface area contributed by atoms with Crippen LogP contribution in [0.25, 0.3) is 0 Å². The highest BCUT2D eigenvalue weighted by atomic mass is 14.5. The van der Waals surface area contributed by atoms with E-state index in [-0.39, 0.29) is 0 Å². The Morgan fingerprint density at radius 3 is 2.00 bits per heavy atom. The van der Waals surface area contributed by atoms with Gasteiger partial charge < -0.3 is 0 Å². The SMILES string of the molecule is C=CC.CC.CC.CCC1C(C)CC2CCCCC21. The van der Waals surface area contributed by atoms with Crippen LogP contribution in [0.1, 0.15) is 87.0 Å². The monoisotopic (exact) mass is 268 g/mol. The number of hydrogen-bond donors (Lipinski definition) is 0. The Balaban J connectivity index is 0. The van der Waals surface area contributed by atoms with Crippen LogP contribution in [0.15, 0.2) is 12.7 Å². The van der Waals surface area contributed by atoms with Crippen LogP contribution in [0, 0.1) is 23.7 Å². The van der Waals surface area contributed by atoms with Gasteiger partial charge in [-0.05, 0) is 43.4 Å². The van der Waals surface area contributed by atoms with Gasteiger partial charge in [-0.15, -0.1) is 6.58 Å². The molecule has 2 aliphatic rings. The summed E-state index contributed by atoms with van der Waals surface area (Å²) in [6, 6.07) is 0. The van der Waals surface area contributed by atoms with Gasteiger partial charge in [0.25, 0.3) is 0 Å². The van der Waals surface area contributed by atoms with Crippen molar-refractivity contribution in [1.29, 1.82) is 0 Å². The molecule has 0 aromatic heterocycles. The molecule has 0 spiro atoms. The van der Waals surface area contributed by atoms with E-state index in [4.69, 9.17) is 0 Å². The Labute approximate surface area is 124 Å². The second-order valence-electron chi connectivity index (χ2n) is 5.40. The second-order valence-corrected chi connectivity index (χ2v) is 5.40. The molecule has 0 amide bonds. The average molecular weight is 269 g/mol. The van der Waals surface area contributed by atoms with Gasteiger partial charge in [0, 0.05) is 0 Å². The summed E-state index contributed by atoms with van der Waals surface area (Å²) >= 11 is 0. The number of rotatable bonds is 1. The molecule has 0 radical (unpaired) electrons. The van der Waals surface area contributed by atoms with Crippen LogP contribution in [-0.2, 0) is 0 Å². The van der Waals surface area contributed by atoms with Crippen LogP contribution in [-0.4, -0.2) is 0 Å². The highest BCUT2D eigenvalue weighted by Gasteiger charge is 2.40. The first-order chi connectivity index (χ1) is 9.24. The fraction of sp³-hybridized carbons (Fsp3) is 0.895. The highest BCUT2D eigenvalue weighted by molar-refractivity contribution is 4.90. The summed E-state index contributed by atoms with van der Waals surface area (Å²) in [5.41, 5.74) is 0. The van der Waals surface area contributed by atoms with Gasteiger partial charge in [-0.3, -0.25) is 0 Å². The maximum atomic E-state index is 3.36. The largest absolute Gasteiger partial charge is 0.103 e. The first-order valence-electron chi connectivity index (χ1n) is 8.81. The maximum absolute atomic E-state index is 3.36. The van der Waals surface area contributed by atoms with E-state index in [1.54, 1.807) is 25.3 Å². The van der Waals surface area contributed by atoms with Crippen molar-refractivity contribution in [3.63, 3.8) is 0 Å². The van der Waals surface area contributed by atoms with Gasteiger partial charge in [0.2, 0.25) is 0 Å². The van der Waals surface area contributed by atoms with Gasteiger partial charge in [-0.25, -0.2) is 0 Å². The van der Waals surface area contributed by atoms with Crippen LogP contribution in [0.5, 0.6) is 0 Å². The Morgan fingerprint density at radius 2 is 1.53 bits per heavy atom. The Hall–Kier alpha value is -0.260. The van der Waals surface area contributed by atoms with Gasteiger partial charge in [0.05, 0.1) is 0 Å². The van der Waals surface area contributed by atoms with Crippen molar-refractivity contribution in [2.75, 3.05) is 0 Å². The fourth-order valence-electron chi connectivity index (χ4n) is 3.87. The standard InChI is InChI=1S/C12H22.C3H6.2C2H6/c1-3-11-9(2)8-10-6-4-5-7-12(10)11;1-3-2;2*1-2/h9-12H,3-8H2,1-2H3;3H,1H2,2H3;2*1-2H3. The Kier molecular flexibility index (Phi) is 15.7. The minimum Gasteiger partial charge on any atom is -0.103 e. The zero-order valence-corrected chi connectivity index (χ0v) is 14.8. The van der Waals surface area contributed by atoms with Crippen LogP contribution >= 0.6 is 0 Å². The molecule has 0 N–H and O–H groups in total. The van der Waals surface area contributed by atoms with Crippen molar-refractivity contribution < 1.29 is 0 Å². The lowest BCUT2D eigenvalue weighted by Crippen LogP contribution is -2.19. The van der Waals surface area contributed by atoms with Crippen molar-refractivity contribution in [2.45, 2.75) is 87.0 Å². The van der Waals surface area contributed by atoms with E-state index in [0.29, 0.717) is 0 Å². The van der Waals surface area contributed by atoms with E-state index in [0.717, 1.165) is 23.7 Å². The fourth-order valence-corrected chi connectivity index (χ4v) is 3.87. The quantitative estimate of drug-likeness (QED) is 0.445. The zero-order chi connectivity index (χ0) is 15.3. The summed E-state index contributed by atoms with van der Waals surface area (Å²) < 4.78 is 0. The average Bonchev–Trinajstić information content (AvgIpc) is 2.79. The molecular formula is C19H40. The molecule has 19 heavy (non-hydrogen) atoms. The summed E-state index contributed by atoms with van der Waals surface area (Å²) in [6.45, 7) is 18.1. The van der Waals surface area contributed by atoms with Crippen molar-refractivity contribution in [2.24, 2.45) is 23.7 Å². The molecule has 0 aliphatic heterocycles. The summed E-state index contributed by atoms with van der Waals surface area (Å²) in [7, 11) is 0. The van der Waals surface area contributed by atoms with Crippen molar-refractivity contribution >= 4 is 0 Å². The normalized spacial score (nSPS) is 31.3. The molecule has 0 aromatic carbocycles. The molecule has 0 nitrogen and oxygen atoms in total. The van der Waals surface area contributed by atoms with E-state index in [2.05, 4.69) is 20.4 Å². The van der Waals surface area contributed by atoms with Crippen molar-refractivity contribution in [1.82, 2.24) is 0 Å². The molecule has 4 unspecified atom stereocenters. The van der Waals surface area contributed by atoms with Gasteiger partial charge in [-0.1, -0.05) is 73.3 Å². The molecule has 2 rings (SSSR count). The third-order valence-electron chi connectivity index (χ3n) is 4.39. The molecule has 0 heteroatoms. The Bertz CT molecular complexity index is 182. The molecule has 2 fully saturated rings. The Morgan fingerprint density at radius 1 is 1.05 bits per heavy atom. The predicted molar refractivity (Wildman–Crippen MR) is 91.6 cm³/mol. The number of fused-ring (bicyclic) bond motifs is 1. The van der Waals surface area contributed by atoms with E-state index in [1.165, 1.54) is 19.3 Å². The van der Waals surface area contributed by atoms with E-state index in [9.17, 15) is 0 Å². The van der Waals surface area contributed by atoms with Crippen molar-refractivity contribution in [3.8, 4) is 0 Å². The highest BCUT2D eigenvalue weighted by Crippen LogP contribution is 2.49. The lowest BCUT2D eigenvalue weighted by molar-refractivity contribution is 0.216. The minimum atomic E-state index is 1.03. The number of hydrogen-bond acceptors (Lipinski definition) is 0. The smallest absolute Gasteiger partial charge is 0.0355 e. The first-order valence-corrected chi connectivity index (χ1v) is 8.81. The maximum Gasteiger partial charge on any atom is -0.0355 e. The molecule has 4 atom stereocenters. The summed E-state index contributed by atoms with van der Waals surface area (Å²) in [6.07, 6.45) is 10.9. The number of allylic oxidation sites excluding steroid dienone is 1. The van der Waals surface area contributed by atoms with Crippen LogP contribution in [0.3, 0.4) is 0 Å². The van der Waals surface area contributed by atoms with Gasteiger partial charge in [-0.2, -0.15) is 0 Å². The van der Waals surface area contributed by atoms with Gasteiger partial charge >= 0.3 is 0 Å². The summed E-state index contributed by atoms with van der Waals surface area (Å²) in [4.78, 5) is 0. The predicted octanol–water partition coefficient (Wildman–Crippen LogP) is 7.10. The molecule has 0 aromatic rings. The van der Waals surface area contributed by atoms with Gasteiger partial charge in [0.1, 0.15) is 0 Å². The molecule has 0 bridgehead atoms. The van der Waals surface area contributed by atoms with Crippen molar-refractivity contribution in [3.05, 3.63) is 12.7 Å². The molecule has 2 saturated carbocycles. The molecule has 0 saturated heterocycles. The molecule has 116 valence electrons. The summed E-state index contributed by atoms with van der Waals surface area (Å²) in [5, 5.41) is 0. The van der Waals surface area contributed by atoms with Crippen LogP contribution < -0.4 is 0 Å². The van der Waals surface area contributed by atoms with E-state index < -0.39 is 0 Å². The lowest BCUT2D eigenvalue weighted by Gasteiger charge is -2.29. The molecular weight excluding hydrogens is 228 g/mol. The summed E-state index contributed by atoms with van der Waals surface area (Å²) in [5.74, 6) is 4.36. The minimum absolute atomic E-state index is 1.03. The molecule has 0 heterocycles. The molecule has 2 aliphatic carbocycles. The van der Waals surface area contributed by atoms with Crippen LogP contribution in [0.4, 0.5) is 0 Å². The van der Waals surface area contributed by atoms with E-state index in [1.807, 2.05) is 34.6 Å². The van der Waals surface area contributed by atoms with Gasteiger partial charge in [0.15, 0.2) is 0 Å². The third-order valence-corrected chi connectivity index (χ3v) is 4.39.